The Kier molecular flexibility index (Phi) is 3.96. The summed E-state index contributed by atoms with van der Waals surface area (Å²) >= 11 is 0. The van der Waals surface area contributed by atoms with E-state index in [-0.39, 0.29) is 12.7 Å². The lowest BCUT2D eigenvalue weighted by atomic mass is 10.1. The predicted octanol–water partition coefficient (Wildman–Crippen LogP) is 2.90. The van der Waals surface area contributed by atoms with Gasteiger partial charge in [0.05, 0.1) is 24.2 Å². The first-order valence-electron chi connectivity index (χ1n) is 8.15. The smallest absolute Gasteiger partial charge is 0.135 e. The van der Waals surface area contributed by atoms with Gasteiger partial charge in [0.25, 0.3) is 0 Å². The summed E-state index contributed by atoms with van der Waals surface area (Å²) in [5.74, 6) is 1.54. The molecular weight excluding hydrogens is 304 g/mol. The van der Waals surface area contributed by atoms with Crippen LogP contribution in [0.4, 0.5) is 0 Å². The summed E-state index contributed by atoms with van der Waals surface area (Å²) in [6, 6.07) is 14.3. The first kappa shape index (κ1) is 15.2. The fourth-order valence-corrected chi connectivity index (χ4v) is 3.09. The van der Waals surface area contributed by atoms with Gasteiger partial charge in [0.1, 0.15) is 24.3 Å². The Morgan fingerprint density at radius 3 is 2.71 bits per heavy atom. The van der Waals surface area contributed by atoms with E-state index in [1.165, 1.54) is 0 Å². The molecule has 2 aromatic carbocycles. The molecule has 1 unspecified atom stereocenters. The van der Waals surface area contributed by atoms with Crippen molar-refractivity contribution < 1.29 is 14.6 Å². The molecule has 5 heteroatoms. The number of aliphatic hydroxyl groups excluding tert-OH is 1. The molecular formula is C19H20N2O3. The molecule has 1 aromatic heterocycles. The number of benzene rings is 2. The molecule has 124 valence electrons. The first-order valence-corrected chi connectivity index (χ1v) is 8.15. The zero-order chi connectivity index (χ0) is 16.5. The Morgan fingerprint density at radius 2 is 2.00 bits per heavy atom. The van der Waals surface area contributed by atoms with Crippen LogP contribution in [0.25, 0.3) is 22.2 Å². The van der Waals surface area contributed by atoms with Crippen LogP contribution < -0.4 is 4.74 Å². The Bertz CT molecular complexity index is 849. The van der Waals surface area contributed by atoms with E-state index in [0.717, 1.165) is 40.9 Å². The highest BCUT2D eigenvalue weighted by molar-refractivity contribution is 5.82. The highest BCUT2D eigenvalue weighted by atomic mass is 16.5. The standard InChI is InChI=1S/C19H20N2O3/c1-21-18-7-4-14(10-17(18)20-19(21)11-22)13-2-5-15(6-3-13)24-16-8-9-23-12-16/h2-7,10,16,22H,8-9,11-12H2,1H3. The molecule has 24 heavy (non-hydrogen) atoms. The van der Waals surface area contributed by atoms with Gasteiger partial charge in [-0.25, -0.2) is 4.98 Å². The lowest BCUT2D eigenvalue weighted by Gasteiger charge is -2.12. The van der Waals surface area contributed by atoms with Crippen LogP contribution in [-0.4, -0.2) is 34.0 Å². The Morgan fingerprint density at radius 1 is 1.21 bits per heavy atom. The van der Waals surface area contributed by atoms with Crippen molar-refractivity contribution in [2.45, 2.75) is 19.1 Å². The number of aliphatic hydroxyl groups is 1. The maximum atomic E-state index is 9.35. The summed E-state index contributed by atoms with van der Waals surface area (Å²) in [6.45, 7) is 1.39. The van der Waals surface area contributed by atoms with Crippen LogP contribution in [0.15, 0.2) is 42.5 Å². The van der Waals surface area contributed by atoms with Gasteiger partial charge in [-0.05, 0) is 35.4 Å². The largest absolute Gasteiger partial charge is 0.488 e. The third-order valence-electron chi connectivity index (χ3n) is 4.49. The number of aryl methyl sites for hydroxylation is 1. The Labute approximate surface area is 140 Å². The van der Waals surface area contributed by atoms with Crippen LogP contribution in [0, 0.1) is 0 Å². The Balaban J connectivity index is 1.59. The number of aromatic nitrogens is 2. The maximum Gasteiger partial charge on any atom is 0.135 e. The van der Waals surface area contributed by atoms with Crippen molar-refractivity contribution in [2.75, 3.05) is 13.2 Å². The third-order valence-corrected chi connectivity index (χ3v) is 4.49. The van der Waals surface area contributed by atoms with Crippen LogP contribution in [0.3, 0.4) is 0 Å². The van der Waals surface area contributed by atoms with E-state index < -0.39 is 0 Å². The van der Waals surface area contributed by atoms with Crippen molar-refractivity contribution in [2.24, 2.45) is 7.05 Å². The van der Waals surface area contributed by atoms with E-state index in [1.807, 2.05) is 29.8 Å². The van der Waals surface area contributed by atoms with E-state index in [2.05, 4.69) is 29.2 Å². The van der Waals surface area contributed by atoms with Crippen molar-refractivity contribution in [3.8, 4) is 16.9 Å². The minimum Gasteiger partial charge on any atom is -0.488 e. The highest BCUT2D eigenvalue weighted by Crippen LogP contribution is 2.27. The second-order valence-corrected chi connectivity index (χ2v) is 6.08. The lowest BCUT2D eigenvalue weighted by Crippen LogP contribution is -2.15. The van der Waals surface area contributed by atoms with Crippen LogP contribution in [0.5, 0.6) is 5.75 Å². The molecule has 4 rings (SSSR count). The molecule has 1 aliphatic rings. The van der Waals surface area contributed by atoms with E-state index >= 15 is 0 Å². The molecule has 1 atom stereocenters. The van der Waals surface area contributed by atoms with E-state index in [4.69, 9.17) is 9.47 Å². The number of rotatable bonds is 4. The van der Waals surface area contributed by atoms with E-state index in [1.54, 1.807) is 0 Å². The second kappa shape index (κ2) is 6.26. The van der Waals surface area contributed by atoms with Crippen molar-refractivity contribution in [1.82, 2.24) is 9.55 Å². The number of hydrogen-bond acceptors (Lipinski definition) is 4. The van der Waals surface area contributed by atoms with Gasteiger partial charge in [0.15, 0.2) is 0 Å². The van der Waals surface area contributed by atoms with Crippen molar-refractivity contribution >= 4 is 11.0 Å². The maximum absolute atomic E-state index is 9.35. The third kappa shape index (κ3) is 2.77. The van der Waals surface area contributed by atoms with Gasteiger partial charge in [-0.15, -0.1) is 0 Å². The summed E-state index contributed by atoms with van der Waals surface area (Å²) in [7, 11) is 1.92. The molecule has 1 saturated heterocycles. The van der Waals surface area contributed by atoms with Gasteiger partial charge >= 0.3 is 0 Å². The Hall–Kier alpha value is -2.37. The van der Waals surface area contributed by atoms with Crippen LogP contribution in [-0.2, 0) is 18.4 Å². The summed E-state index contributed by atoms with van der Waals surface area (Å²) in [5, 5.41) is 9.35. The predicted molar refractivity (Wildman–Crippen MR) is 91.9 cm³/mol. The average molecular weight is 324 g/mol. The SMILES string of the molecule is Cn1c(CO)nc2cc(-c3ccc(OC4CCOC4)cc3)ccc21. The minimum absolute atomic E-state index is 0.0581. The molecule has 0 aliphatic carbocycles. The van der Waals surface area contributed by atoms with Gasteiger partial charge in [-0.1, -0.05) is 18.2 Å². The quantitative estimate of drug-likeness (QED) is 0.802. The zero-order valence-corrected chi connectivity index (χ0v) is 13.6. The van der Waals surface area contributed by atoms with Crippen molar-refractivity contribution in [3.05, 3.63) is 48.3 Å². The lowest BCUT2D eigenvalue weighted by molar-refractivity contribution is 0.141. The topological polar surface area (TPSA) is 56.5 Å². The van der Waals surface area contributed by atoms with Crippen LogP contribution >= 0.6 is 0 Å². The molecule has 0 spiro atoms. The monoisotopic (exact) mass is 324 g/mol. The summed E-state index contributed by atoms with van der Waals surface area (Å²) in [5.41, 5.74) is 4.12. The molecule has 0 radical (unpaired) electrons. The van der Waals surface area contributed by atoms with Crippen molar-refractivity contribution in [3.63, 3.8) is 0 Å². The molecule has 5 nitrogen and oxygen atoms in total. The summed E-state index contributed by atoms with van der Waals surface area (Å²) in [4.78, 5) is 4.48. The summed E-state index contributed by atoms with van der Waals surface area (Å²) in [6.07, 6.45) is 1.11. The normalized spacial score (nSPS) is 17.5. The number of hydrogen-bond donors (Lipinski definition) is 1. The highest BCUT2D eigenvalue weighted by Gasteiger charge is 2.17. The van der Waals surface area contributed by atoms with Crippen molar-refractivity contribution in [1.29, 1.82) is 0 Å². The van der Waals surface area contributed by atoms with Gasteiger partial charge in [0, 0.05) is 13.5 Å². The molecule has 3 aromatic rings. The van der Waals surface area contributed by atoms with Crippen LogP contribution in [0.1, 0.15) is 12.2 Å². The molecule has 0 bridgehead atoms. The van der Waals surface area contributed by atoms with Crippen LogP contribution in [0.2, 0.25) is 0 Å². The second-order valence-electron chi connectivity index (χ2n) is 6.08. The zero-order valence-electron chi connectivity index (χ0n) is 13.6. The average Bonchev–Trinajstić information content (AvgIpc) is 3.23. The van der Waals surface area contributed by atoms with E-state index in [0.29, 0.717) is 12.4 Å². The molecule has 1 aliphatic heterocycles. The van der Waals surface area contributed by atoms with E-state index in [9.17, 15) is 5.11 Å². The fourth-order valence-electron chi connectivity index (χ4n) is 3.09. The van der Waals surface area contributed by atoms with Gasteiger partial charge < -0.3 is 19.1 Å². The number of nitrogens with zero attached hydrogens (tertiary/aromatic N) is 2. The molecule has 0 saturated carbocycles. The fraction of sp³-hybridized carbons (Fsp3) is 0.316. The number of ether oxygens (including phenoxy) is 2. The van der Waals surface area contributed by atoms with Gasteiger partial charge in [0.2, 0.25) is 0 Å². The summed E-state index contributed by atoms with van der Waals surface area (Å²) < 4.78 is 13.2. The number of imidazole rings is 1. The van der Waals surface area contributed by atoms with Gasteiger partial charge in [-0.3, -0.25) is 0 Å². The first-order chi connectivity index (χ1) is 11.7. The number of fused-ring (bicyclic) bond motifs is 1. The minimum atomic E-state index is -0.0581. The molecule has 0 amide bonds. The van der Waals surface area contributed by atoms with Gasteiger partial charge in [-0.2, -0.15) is 0 Å². The molecule has 1 N–H and O–H groups in total. The molecule has 2 heterocycles. The molecule has 1 fully saturated rings.